The maximum atomic E-state index is 12.4. The Hall–Kier alpha value is -0.750. The molecule has 2 saturated heterocycles. The Morgan fingerprint density at radius 1 is 1.03 bits per heavy atom. The molecule has 0 spiro atoms. The second-order valence-corrected chi connectivity index (χ2v) is 9.11. The fourth-order valence-corrected chi connectivity index (χ4v) is 3.28. The van der Waals surface area contributed by atoms with Crippen molar-refractivity contribution in [3.05, 3.63) is 39.0 Å². The van der Waals surface area contributed by atoms with Gasteiger partial charge in [0.1, 0.15) is 0 Å². The third-order valence-electron chi connectivity index (χ3n) is 4.44. The minimum absolute atomic E-state index is 0. The van der Waals surface area contributed by atoms with Crippen LogP contribution in [0.2, 0.25) is 5.28 Å². The van der Waals surface area contributed by atoms with Crippen molar-refractivity contribution in [2.45, 2.75) is 25.9 Å². The van der Waals surface area contributed by atoms with Crippen molar-refractivity contribution in [3.8, 4) is 0 Å². The molecule has 174 valence electrons. The van der Waals surface area contributed by atoms with Crippen LogP contribution < -0.4 is 10.2 Å². The van der Waals surface area contributed by atoms with Gasteiger partial charge in [0.15, 0.2) is 0 Å². The average Bonchev–Trinajstić information content (AvgIpc) is 3.37. The first-order valence-corrected chi connectivity index (χ1v) is 11.2. The van der Waals surface area contributed by atoms with Gasteiger partial charge < -0.3 is 10.2 Å². The first-order valence-electron chi connectivity index (χ1n) is 9.28. The summed E-state index contributed by atoms with van der Waals surface area (Å²) in [6.45, 7) is 5.05. The minimum Gasteiger partial charge on any atom is -0.340 e. The molecule has 31 heavy (non-hydrogen) atoms. The summed E-state index contributed by atoms with van der Waals surface area (Å²) < 4.78 is 38.9. The summed E-state index contributed by atoms with van der Waals surface area (Å²) >= 11 is 11.7. The van der Waals surface area contributed by atoms with E-state index in [0.29, 0.717) is 17.0 Å². The van der Waals surface area contributed by atoms with Crippen LogP contribution in [-0.2, 0) is 0 Å². The molecule has 2 unspecified atom stereocenters. The largest absolute Gasteiger partial charge is 0.393 e. The molecule has 0 aliphatic carbocycles. The Morgan fingerprint density at radius 3 is 1.94 bits per heavy atom. The van der Waals surface area contributed by atoms with Gasteiger partial charge in [-0.25, -0.2) is 19.9 Å². The molecule has 0 saturated carbocycles. The van der Waals surface area contributed by atoms with Crippen molar-refractivity contribution in [3.63, 3.8) is 0 Å². The lowest BCUT2D eigenvalue weighted by Crippen LogP contribution is -2.28. The highest BCUT2D eigenvalue weighted by Crippen LogP contribution is 2.34. The number of hydrogen-bond acceptors (Lipinski definition) is 6. The molecular weight excluding hydrogens is 588 g/mol. The molecule has 2 aromatic rings. The first kappa shape index (κ1) is 28.3. The van der Waals surface area contributed by atoms with Crippen LogP contribution in [0.3, 0.4) is 0 Å². The van der Waals surface area contributed by atoms with E-state index < -0.39 is 12.1 Å². The predicted molar refractivity (Wildman–Crippen MR) is 125 cm³/mol. The maximum absolute atomic E-state index is 12.4. The van der Waals surface area contributed by atoms with Crippen LogP contribution in [0.1, 0.15) is 19.8 Å². The van der Waals surface area contributed by atoms with Crippen LogP contribution in [0.25, 0.3) is 0 Å². The zero-order chi connectivity index (χ0) is 22.1. The van der Waals surface area contributed by atoms with E-state index in [1.54, 1.807) is 17.3 Å². The molecule has 0 bridgehead atoms. The first-order chi connectivity index (χ1) is 14.1. The molecular formula is C18H23Br2Cl2F3N6. The zero-order valence-corrected chi connectivity index (χ0v) is 21.4. The standard InChI is InChI=1S/C9H9BrF3N3.C5H11N.C4H2BrClN2.ClH/c10-7-3-14-8(15-4-7)16-2-1-6(5-16)9(11,12)13;1-5-2-3-6-4-5;5-3-1-7-4(6)8-2-3;/h3-4,6H,1-2,5H2;5-6H,2-4H2,1H3;1-2H;1H. The lowest BCUT2D eigenvalue weighted by molar-refractivity contribution is -0.168. The normalized spacial score (nSPS) is 20.2. The van der Waals surface area contributed by atoms with E-state index >= 15 is 0 Å². The Bertz CT molecular complexity index is 741. The lowest BCUT2D eigenvalue weighted by Gasteiger charge is -2.17. The van der Waals surface area contributed by atoms with Gasteiger partial charge in [-0.3, -0.25) is 0 Å². The van der Waals surface area contributed by atoms with E-state index in [1.165, 1.54) is 31.9 Å². The van der Waals surface area contributed by atoms with Gasteiger partial charge in [-0.2, -0.15) is 13.2 Å². The number of nitrogens with zero attached hydrogens (tertiary/aromatic N) is 5. The fraction of sp³-hybridized carbons (Fsp3) is 0.556. The number of aromatic nitrogens is 4. The SMILES string of the molecule is CC1CCNC1.Cl.Clc1ncc(Br)cn1.FC(F)(F)C1CCN(c2ncc(Br)cn2)C1. The lowest BCUT2D eigenvalue weighted by atomic mass is 10.1. The Labute approximate surface area is 207 Å². The van der Waals surface area contributed by atoms with Gasteiger partial charge in [-0.1, -0.05) is 6.92 Å². The molecule has 0 radical (unpaired) electrons. The van der Waals surface area contributed by atoms with Crippen molar-refractivity contribution < 1.29 is 13.2 Å². The molecule has 4 heterocycles. The molecule has 0 amide bonds. The molecule has 2 atom stereocenters. The molecule has 6 nitrogen and oxygen atoms in total. The summed E-state index contributed by atoms with van der Waals surface area (Å²) in [7, 11) is 0. The monoisotopic (exact) mass is 608 g/mol. The van der Waals surface area contributed by atoms with Gasteiger partial charge in [0.25, 0.3) is 0 Å². The number of rotatable bonds is 1. The topological polar surface area (TPSA) is 66.8 Å². The summed E-state index contributed by atoms with van der Waals surface area (Å²) in [5, 5.41) is 3.54. The quantitative estimate of drug-likeness (QED) is 0.427. The third kappa shape index (κ3) is 10.6. The number of halogens is 7. The molecule has 2 aromatic heterocycles. The Balaban J connectivity index is 0.000000267. The van der Waals surface area contributed by atoms with Gasteiger partial charge in [0.2, 0.25) is 11.2 Å². The van der Waals surface area contributed by atoms with Crippen LogP contribution in [0.4, 0.5) is 19.1 Å². The maximum Gasteiger partial charge on any atom is 0.393 e. The number of alkyl halides is 3. The van der Waals surface area contributed by atoms with E-state index in [2.05, 4.69) is 64.0 Å². The molecule has 1 N–H and O–H groups in total. The van der Waals surface area contributed by atoms with Crippen molar-refractivity contribution in [2.24, 2.45) is 11.8 Å². The predicted octanol–water partition coefficient (Wildman–Crippen LogP) is 5.56. The van der Waals surface area contributed by atoms with E-state index in [0.717, 1.165) is 10.4 Å². The third-order valence-corrected chi connectivity index (χ3v) is 5.45. The average molecular weight is 611 g/mol. The van der Waals surface area contributed by atoms with E-state index in [1.807, 2.05) is 0 Å². The number of nitrogens with one attached hydrogen (secondary N) is 1. The van der Waals surface area contributed by atoms with E-state index in [9.17, 15) is 13.2 Å². The van der Waals surface area contributed by atoms with E-state index in [-0.39, 0.29) is 30.7 Å². The second-order valence-electron chi connectivity index (χ2n) is 6.94. The van der Waals surface area contributed by atoms with Gasteiger partial charge in [-0.15, -0.1) is 12.4 Å². The summed E-state index contributed by atoms with van der Waals surface area (Å²) in [5.41, 5.74) is 0. The van der Waals surface area contributed by atoms with Crippen LogP contribution >= 0.6 is 55.9 Å². The number of hydrogen-bond donors (Lipinski definition) is 1. The second kappa shape index (κ2) is 13.7. The summed E-state index contributed by atoms with van der Waals surface area (Å²) in [5.74, 6) is 0.0275. The Morgan fingerprint density at radius 2 is 1.58 bits per heavy atom. The number of anilines is 1. The summed E-state index contributed by atoms with van der Waals surface area (Å²) in [6.07, 6.45) is 3.62. The van der Waals surface area contributed by atoms with Gasteiger partial charge >= 0.3 is 6.18 Å². The molecule has 13 heteroatoms. The molecule has 2 fully saturated rings. The summed E-state index contributed by atoms with van der Waals surface area (Å²) in [6, 6.07) is 0. The highest BCUT2D eigenvalue weighted by Gasteiger charge is 2.44. The highest BCUT2D eigenvalue weighted by molar-refractivity contribution is 9.10. The van der Waals surface area contributed by atoms with Gasteiger partial charge in [0.05, 0.1) is 14.9 Å². The Kier molecular flexibility index (Phi) is 12.5. The highest BCUT2D eigenvalue weighted by atomic mass is 79.9. The molecule has 4 rings (SSSR count). The van der Waals surface area contributed by atoms with Crippen molar-refractivity contribution in [2.75, 3.05) is 31.1 Å². The van der Waals surface area contributed by atoms with E-state index in [4.69, 9.17) is 11.6 Å². The van der Waals surface area contributed by atoms with Crippen LogP contribution in [0, 0.1) is 11.8 Å². The van der Waals surface area contributed by atoms with Gasteiger partial charge in [-0.05, 0) is 75.3 Å². The van der Waals surface area contributed by atoms with Crippen molar-refractivity contribution >= 4 is 61.8 Å². The zero-order valence-electron chi connectivity index (χ0n) is 16.6. The smallest absolute Gasteiger partial charge is 0.340 e. The summed E-state index contributed by atoms with van der Waals surface area (Å²) in [4.78, 5) is 16.9. The van der Waals surface area contributed by atoms with Gasteiger partial charge in [0, 0.05) is 37.9 Å². The van der Waals surface area contributed by atoms with Crippen LogP contribution in [-0.4, -0.2) is 52.3 Å². The van der Waals surface area contributed by atoms with Crippen molar-refractivity contribution in [1.82, 2.24) is 25.3 Å². The van der Waals surface area contributed by atoms with Crippen molar-refractivity contribution in [1.29, 1.82) is 0 Å². The van der Waals surface area contributed by atoms with Crippen LogP contribution in [0.15, 0.2) is 33.7 Å². The minimum atomic E-state index is -4.12. The molecule has 2 aliphatic heterocycles. The van der Waals surface area contributed by atoms with Crippen LogP contribution in [0.5, 0.6) is 0 Å². The molecule has 2 aliphatic rings. The fourth-order valence-electron chi connectivity index (χ4n) is 2.77. The molecule has 0 aromatic carbocycles.